The summed E-state index contributed by atoms with van der Waals surface area (Å²) in [6.07, 6.45) is 1.70. The van der Waals surface area contributed by atoms with E-state index in [0.29, 0.717) is 36.2 Å². The first-order chi connectivity index (χ1) is 9.58. The minimum Gasteiger partial charge on any atom is -0.339 e. The van der Waals surface area contributed by atoms with Gasteiger partial charge in [0.2, 0.25) is 5.89 Å². The Balaban J connectivity index is 1.98. The van der Waals surface area contributed by atoms with E-state index in [-0.39, 0.29) is 6.42 Å². The number of halogens is 2. The summed E-state index contributed by atoms with van der Waals surface area (Å²) in [6, 6.07) is 3.44. The molecule has 108 valence electrons. The molecule has 0 aliphatic heterocycles. The zero-order valence-corrected chi connectivity index (χ0v) is 11.3. The SMILES string of the molecule is CC(CN)CCc1nc(Cc2ccc(F)cc2F)no1. The molecule has 0 fully saturated rings. The van der Waals surface area contributed by atoms with Crippen LogP contribution in [0.5, 0.6) is 0 Å². The van der Waals surface area contributed by atoms with Crippen molar-refractivity contribution in [1.82, 2.24) is 10.1 Å². The molecule has 0 aliphatic rings. The van der Waals surface area contributed by atoms with Gasteiger partial charge in [0, 0.05) is 18.9 Å². The number of hydrogen-bond donors (Lipinski definition) is 1. The number of aromatic nitrogens is 2. The smallest absolute Gasteiger partial charge is 0.226 e. The molecule has 2 rings (SSSR count). The normalized spacial score (nSPS) is 12.6. The molecule has 0 saturated carbocycles. The maximum atomic E-state index is 13.5. The van der Waals surface area contributed by atoms with Gasteiger partial charge in [-0.2, -0.15) is 4.98 Å². The van der Waals surface area contributed by atoms with E-state index in [1.54, 1.807) is 0 Å². The molecule has 1 atom stereocenters. The van der Waals surface area contributed by atoms with Gasteiger partial charge in [0.25, 0.3) is 0 Å². The van der Waals surface area contributed by atoms with Crippen LogP contribution in [0.15, 0.2) is 22.7 Å². The first-order valence-electron chi connectivity index (χ1n) is 6.54. The van der Waals surface area contributed by atoms with Crippen LogP contribution in [-0.4, -0.2) is 16.7 Å². The van der Waals surface area contributed by atoms with Gasteiger partial charge in [-0.05, 0) is 30.5 Å². The van der Waals surface area contributed by atoms with Gasteiger partial charge in [0.05, 0.1) is 0 Å². The van der Waals surface area contributed by atoms with E-state index < -0.39 is 11.6 Å². The predicted molar refractivity (Wildman–Crippen MR) is 70.0 cm³/mol. The van der Waals surface area contributed by atoms with E-state index in [2.05, 4.69) is 10.1 Å². The summed E-state index contributed by atoms with van der Waals surface area (Å²) < 4.78 is 31.4. The van der Waals surface area contributed by atoms with Crippen molar-refractivity contribution in [3.05, 3.63) is 47.1 Å². The summed E-state index contributed by atoms with van der Waals surface area (Å²) in [4.78, 5) is 4.20. The third kappa shape index (κ3) is 3.84. The van der Waals surface area contributed by atoms with Crippen molar-refractivity contribution in [3.8, 4) is 0 Å². The van der Waals surface area contributed by atoms with Crippen LogP contribution in [0.4, 0.5) is 8.78 Å². The van der Waals surface area contributed by atoms with Crippen LogP contribution in [0.25, 0.3) is 0 Å². The zero-order chi connectivity index (χ0) is 14.5. The van der Waals surface area contributed by atoms with E-state index >= 15 is 0 Å². The molecule has 4 nitrogen and oxygen atoms in total. The van der Waals surface area contributed by atoms with Crippen LogP contribution < -0.4 is 5.73 Å². The standard InChI is InChI=1S/C14H17F2N3O/c1-9(8-17)2-5-14-18-13(19-20-14)6-10-3-4-11(15)7-12(10)16/h3-4,7,9H,2,5-6,8,17H2,1H3. The number of rotatable bonds is 6. The number of nitrogens with zero attached hydrogens (tertiary/aromatic N) is 2. The fourth-order valence-corrected chi connectivity index (χ4v) is 1.79. The third-order valence-corrected chi connectivity index (χ3v) is 3.13. The Bertz CT molecular complexity index is 571. The van der Waals surface area contributed by atoms with Crippen molar-refractivity contribution in [2.24, 2.45) is 11.7 Å². The lowest BCUT2D eigenvalue weighted by atomic mass is 10.1. The minimum atomic E-state index is -0.604. The summed E-state index contributed by atoms with van der Waals surface area (Å²) in [5.74, 6) is 0.0950. The third-order valence-electron chi connectivity index (χ3n) is 3.13. The Morgan fingerprint density at radius 3 is 2.85 bits per heavy atom. The summed E-state index contributed by atoms with van der Waals surface area (Å²) in [5.41, 5.74) is 5.88. The maximum Gasteiger partial charge on any atom is 0.226 e. The fraction of sp³-hybridized carbons (Fsp3) is 0.429. The Labute approximate surface area is 116 Å². The molecule has 0 radical (unpaired) electrons. The zero-order valence-electron chi connectivity index (χ0n) is 11.3. The highest BCUT2D eigenvalue weighted by atomic mass is 19.1. The van der Waals surface area contributed by atoms with E-state index in [9.17, 15) is 8.78 Å². The first-order valence-corrected chi connectivity index (χ1v) is 6.54. The van der Waals surface area contributed by atoms with Crippen LogP contribution in [0, 0.1) is 17.6 Å². The molecule has 0 amide bonds. The Kier molecular flexibility index (Phi) is 4.79. The van der Waals surface area contributed by atoms with Gasteiger partial charge in [-0.15, -0.1) is 0 Å². The highest BCUT2D eigenvalue weighted by molar-refractivity contribution is 5.21. The van der Waals surface area contributed by atoms with Gasteiger partial charge < -0.3 is 10.3 Å². The van der Waals surface area contributed by atoms with Crippen molar-refractivity contribution in [2.45, 2.75) is 26.2 Å². The molecule has 1 heterocycles. The summed E-state index contributed by atoms with van der Waals surface area (Å²) in [7, 11) is 0. The Morgan fingerprint density at radius 2 is 2.15 bits per heavy atom. The second-order valence-electron chi connectivity index (χ2n) is 4.90. The van der Waals surface area contributed by atoms with E-state index in [1.807, 2.05) is 6.92 Å². The number of hydrogen-bond acceptors (Lipinski definition) is 4. The largest absolute Gasteiger partial charge is 0.339 e. The number of benzene rings is 1. The van der Waals surface area contributed by atoms with Gasteiger partial charge in [0.15, 0.2) is 5.82 Å². The molecule has 1 unspecified atom stereocenters. The topological polar surface area (TPSA) is 64.9 Å². The van der Waals surface area contributed by atoms with Crippen molar-refractivity contribution >= 4 is 0 Å². The summed E-state index contributed by atoms with van der Waals surface area (Å²) in [6.45, 7) is 2.66. The highest BCUT2D eigenvalue weighted by Crippen LogP contribution is 2.14. The van der Waals surface area contributed by atoms with Crippen molar-refractivity contribution in [2.75, 3.05) is 6.54 Å². The van der Waals surface area contributed by atoms with Crippen LogP contribution in [0.2, 0.25) is 0 Å². The second kappa shape index (κ2) is 6.56. The molecule has 1 aromatic heterocycles. The summed E-state index contributed by atoms with van der Waals surface area (Å²) in [5, 5.41) is 3.80. The Hall–Kier alpha value is -1.82. The van der Waals surface area contributed by atoms with E-state index in [4.69, 9.17) is 10.3 Å². The lowest BCUT2D eigenvalue weighted by Crippen LogP contribution is -2.11. The van der Waals surface area contributed by atoms with Crippen LogP contribution in [0.3, 0.4) is 0 Å². The van der Waals surface area contributed by atoms with Gasteiger partial charge in [-0.25, -0.2) is 8.78 Å². The fourth-order valence-electron chi connectivity index (χ4n) is 1.79. The second-order valence-corrected chi connectivity index (χ2v) is 4.90. The first kappa shape index (κ1) is 14.6. The average Bonchev–Trinajstić information content (AvgIpc) is 2.87. The molecule has 0 saturated heterocycles. The predicted octanol–water partition coefficient (Wildman–Crippen LogP) is 2.47. The van der Waals surface area contributed by atoms with Gasteiger partial charge in [-0.1, -0.05) is 18.1 Å². The summed E-state index contributed by atoms with van der Waals surface area (Å²) >= 11 is 0. The lowest BCUT2D eigenvalue weighted by Gasteiger charge is -2.04. The van der Waals surface area contributed by atoms with Crippen LogP contribution in [0.1, 0.15) is 30.6 Å². The van der Waals surface area contributed by atoms with Crippen LogP contribution in [-0.2, 0) is 12.8 Å². The number of nitrogens with two attached hydrogens (primary N) is 1. The highest BCUT2D eigenvalue weighted by Gasteiger charge is 2.11. The molecular formula is C14H17F2N3O. The molecule has 6 heteroatoms. The molecular weight excluding hydrogens is 264 g/mol. The lowest BCUT2D eigenvalue weighted by molar-refractivity contribution is 0.362. The Morgan fingerprint density at radius 1 is 1.35 bits per heavy atom. The van der Waals surface area contributed by atoms with Crippen molar-refractivity contribution in [1.29, 1.82) is 0 Å². The van der Waals surface area contributed by atoms with E-state index in [0.717, 1.165) is 12.5 Å². The molecule has 2 aromatic rings. The van der Waals surface area contributed by atoms with Crippen LogP contribution >= 0.6 is 0 Å². The maximum absolute atomic E-state index is 13.5. The molecule has 0 bridgehead atoms. The quantitative estimate of drug-likeness (QED) is 0.883. The molecule has 1 aromatic carbocycles. The van der Waals surface area contributed by atoms with E-state index in [1.165, 1.54) is 12.1 Å². The molecule has 20 heavy (non-hydrogen) atoms. The minimum absolute atomic E-state index is 0.183. The number of aryl methyl sites for hydroxylation is 1. The van der Waals surface area contributed by atoms with Gasteiger partial charge in [0.1, 0.15) is 11.6 Å². The molecule has 2 N–H and O–H groups in total. The average molecular weight is 281 g/mol. The van der Waals surface area contributed by atoms with Crippen molar-refractivity contribution in [3.63, 3.8) is 0 Å². The van der Waals surface area contributed by atoms with Gasteiger partial charge >= 0.3 is 0 Å². The van der Waals surface area contributed by atoms with Gasteiger partial charge in [-0.3, -0.25) is 0 Å². The molecule has 0 spiro atoms. The van der Waals surface area contributed by atoms with Crippen molar-refractivity contribution < 1.29 is 13.3 Å². The molecule has 0 aliphatic carbocycles. The monoisotopic (exact) mass is 281 g/mol.